The van der Waals surface area contributed by atoms with Crippen LogP contribution in [0.5, 0.6) is 0 Å². The van der Waals surface area contributed by atoms with Crippen molar-refractivity contribution in [1.82, 2.24) is 9.13 Å². The molecule has 0 unspecified atom stereocenters. The molecule has 0 saturated heterocycles. The number of aryl methyl sites for hydroxylation is 1. The molecule has 122 valence electrons. The Bertz CT molecular complexity index is 880. The van der Waals surface area contributed by atoms with Gasteiger partial charge in [-0.2, -0.15) is 0 Å². The Labute approximate surface area is 133 Å². The zero-order valence-corrected chi connectivity index (χ0v) is 13.6. The van der Waals surface area contributed by atoms with Gasteiger partial charge in [-0.15, -0.1) is 0 Å². The van der Waals surface area contributed by atoms with Gasteiger partial charge < -0.3 is 11.1 Å². The van der Waals surface area contributed by atoms with E-state index in [1.165, 1.54) is 14.1 Å². The number of aromatic nitrogens is 2. The SMILES string of the molecule is Cc1cccc(N[C@H](C)C(=O)c2c(N)n(C)c(=O)n(C)c2=O)c1. The predicted molar refractivity (Wildman–Crippen MR) is 89.9 cm³/mol. The molecule has 2 aromatic rings. The van der Waals surface area contributed by atoms with Crippen molar-refractivity contribution in [2.75, 3.05) is 11.1 Å². The molecule has 0 aliphatic rings. The molecule has 1 atom stereocenters. The van der Waals surface area contributed by atoms with Crippen LogP contribution in [0, 0.1) is 6.92 Å². The van der Waals surface area contributed by atoms with Crippen LogP contribution in [0.3, 0.4) is 0 Å². The molecule has 1 aromatic heterocycles. The van der Waals surface area contributed by atoms with Gasteiger partial charge in [-0.25, -0.2) is 4.79 Å². The Balaban J connectivity index is 2.41. The molecule has 0 aliphatic carbocycles. The summed E-state index contributed by atoms with van der Waals surface area (Å²) in [6.07, 6.45) is 0. The number of rotatable bonds is 4. The summed E-state index contributed by atoms with van der Waals surface area (Å²) >= 11 is 0. The van der Waals surface area contributed by atoms with Crippen molar-refractivity contribution >= 4 is 17.3 Å². The first-order valence-electron chi connectivity index (χ1n) is 7.17. The standard InChI is InChI=1S/C16H20N4O3/c1-9-6-5-7-11(8-9)18-10(2)13(21)12-14(17)19(3)16(23)20(4)15(12)22/h5-8,10,18H,17H2,1-4H3/t10-/m1/s1. The Morgan fingerprint density at radius 2 is 1.87 bits per heavy atom. The van der Waals surface area contributed by atoms with Crippen molar-refractivity contribution in [1.29, 1.82) is 0 Å². The topological polar surface area (TPSA) is 99.1 Å². The quantitative estimate of drug-likeness (QED) is 0.807. The number of anilines is 2. The smallest absolute Gasteiger partial charge is 0.332 e. The van der Waals surface area contributed by atoms with Crippen molar-refractivity contribution in [2.24, 2.45) is 14.1 Å². The summed E-state index contributed by atoms with van der Waals surface area (Å²) in [5.74, 6) is -0.582. The van der Waals surface area contributed by atoms with Gasteiger partial charge >= 0.3 is 5.69 Å². The lowest BCUT2D eigenvalue weighted by molar-refractivity contribution is 0.0973. The summed E-state index contributed by atoms with van der Waals surface area (Å²) in [4.78, 5) is 36.7. The van der Waals surface area contributed by atoms with Crippen LogP contribution in [0.15, 0.2) is 33.9 Å². The van der Waals surface area contributed by atoms with Gasteiger partial charge in [-0.05, 0) is 31.5 Å². The van der Waals surface area contributed by atoms with Crippen LogP contribution < -0.4 is 22.3 Å². The first-order chi connectivity index (χ1) is 10.7. The van der Waals surface area contributed by atoms with E-state index in [1.807, 2.05) is 31.2 Å². The molecule has 0 aliphatic heterocycles. The number of carbonyl (C=O) groups excluding carboxylic acids is 1. The summed E-state index contributed by atoms with van der Waals surface area (Å²) in [7, 11) is 2.74. The zero-order chi connectivity index (χ0) is 17.3. The molecule has 2 rings (SSSR count). The predicted octanol–water partition coefficient (Wildman–Crippen LogP) is 0.658. The lowest BCUT2D eigenvalue weighted by Crippen LogP contribution is -2.43. The van der Waals surface area contributed by atoms with Crippen LogP contribution >= 0.6 is 0 Å². The first kappa shape index (κ1) is 16.5. The summed E-state index contributed by atoms with van der Waals surface area (Å²) in [5, 5.41) is 3.05. The summed E-state index contributed by atoms with van der Waals surface area (Å²) in [6.45, 7) is 3.59. The normalized spacial score (nSPS) is 12.0. The Morgan fingerprint density at radius 1 is 1.22 bits per heavy atom. The van der Waals surface area contributed by atoms with E-state index in [4.69, 9.17) is 5.73 Å². The minimum Gasteiger partial charge on any atom is -0.384 e. The summed E-state index contributed by atoms with van der Waals surface area (Å²) in [6, 6.07) is 6.88. The van der Waals surface area contributed by atoms with Crippen molar-refractivity contribution in [3.05, 3.63) is 56.2 Å². The van der Waals surface area contributed by atoms with Crippen LogP contribution in [-0.2, 0) is 14.1 Å². The van der Waals surface area contributed by atoms with E-state index in [2.05, 4.69) is 5.32 Å². The van der Waals surface area contributed by atoms with Crippen LogP contribution in [-0.4, -0.2) is 21.0 Å². The fourth-order valence-corrected chi connectivity index (χ4v) is 2.36. The molecule has 7 nitrogen and oxygen atoms in total. The molecule has 0 bridgehead atoms. The molecule has 0 fully saturated rings. The molecule has 0 amide bonds. The fraction of sp³-hybridized carbons (Fsp3) is 0.312. The minimum atomic E-state index is -0.687. The molecular formula is C16H20N4O3. The summed E-state index contributed by atoms with van der Waals surface area (Å²) in [5.41, 5.74) is 6.20. The number of carbonyl (C=O) groups is 1. The van der Waals surface area contributed by atoms with Crippen molar-refractivity contribution in [3.63, 3.8) is 0 Å². The fourth-order valence-electron chi connectivity index (χ4n) is 2.36. The van der Waals surface area contributed by atoms with Crippen LogP contribution in [0.4, 0.5) is 11.5 Å². The maximum atomic E-state index is 12.6. The van der Waals surface area contributed by atoms with Gasteiger partial charge in [0.05, 0.1) is 6.04 Å². The van der Waals surface area contributed by atoms with E-state index in [0.29, 0.717) is 0 Å². The monoisotopic (exact) mass is 316 g/mol. The molecule has 3 N–H and O–H groups in total. The van der Waals surface area contributed by atoms with Crippen LogP contribution in [0.25, 0.3) is 0 Å². The molecular weight excluding hydrogens is 296 g/mol. The third-order valence-electron chi connectivity index (χ3n) is 3.75. The van der Waals surface area contributed by atoms with E-state index in [-0.39, 0.29) is 11.4 Å². The number of nitrogens with two attached hydrogens (primary N) is 1. The lowest BCUT2D eigenvalue weighted by Gasteiger charge is -2.17. The molecule has 1 aromatic carbocycles. The minimum absolute atomic E-state index is 0.124. The highest BCUT2D eigenvalue weighted by Crippen LogP contribution is 2.14. The van der Waals surface area contributed by atoms with Gasteiger partial charge in [0.15, 0.2) is 5.78 Å². The zero-order valence-electron chi connectivity index (χ0n) is 13.6. The number of hydrogen-bond acceptors (Lipinski definition) is 5. The molecule has 0 saturated carbocycles. The van der Waals surface area contributed by atoms with Crippen molar-refractivity contribution < 1.29 is 4.79 Å². The lowest BCUT2D eigenvalue weighted by atomic mass is 10.1. The van der Waals surface area contributed by atoms with Crippen molar-refractivity contribution in [2.45, 2.75) is 19.9 Å². The van der Waals surface area contributed by atoms with E-state index < -0.39 is 23.1 Å². The highest BCUT2D eigenvalue weighted by molar-refractivity contribution is 6.04. The molecule has 7 heteroatoms. The van der Waals surface area contributed by atoms with Crippen LogP contribution in [0.2, 0.25) is 0 Å². The average molecular weight is 316 g/mol. The Morgan fingerprint density at radius 3 is 2.48 bits per heavy atom. The Kier molecular flexibility index (Phi) is 4.40. The van der Waals surface area contributed by atoms with Gasteiger partial charge in [-0.3, -0.25) is 18.7 Å². The van der Waals surface area contributed by atoms with Crippen LogP contribution in [0.1, 0.15) is 22.8 Å². The van der Waals surface area contributed by atoms with E-state index in [0.717, 1.165) is 20.4 Å². The molecule has 1 heterocycles. The van der Waals surface area contributed by atoms with Gasteiger partial charge in [-0.1, -0.05) is 12.1 Å². The number of ketones is 1. The van der Waals surface area contributed by atoms with E-state index in [1.54, 1.807) is 6.92 Å². The van der Waals surface area contributed by atoms with Gasteiger partial charge in [0.2, 0.25) is 0 Å². The summed E-state index contributed by atoms with van der Waals surface area (Å²) < 4.78 is 1.97. The number of nitrogens with zero attached hydrogens (tertiary/aromatic N) is 2. The highest BCUT2D eigenvalue weighted by atomic mass is 16.2. The number of benzene rings is 1. The second-order valence-electron chi connectivity index (χ2n) is 5.57. The number of nitrogen functional groups attached to an aromatic ring is 1. The molecule has 0 radical (unpaired) electrons. The number of hydrogen-bond donors (Lipinski definition) is 2. The average Bonchev–Trinajstić information content (AvgIpc) is 2.51. The second kappa shape index (κ2) is 6.12. The molecule has 23 heavy (non-hydrogen) atoms. The molecule has 0 spiro atoms. The van der Waals surface area contributed by atoms with Gasteiger partial charge in [0, 0.05) is 19.8 Å². The van der Waals surface area contributed by atoms with E-state index in [9.17, 15) is 14.4 Å². The number of nitrogens with one attached hydrogen (secondary N) is 1. The third-order valence-corrected chi connectivity index (χ3v) is 3.75. The third kappa shape index (κ3) is 3.03. The Hall–Kier alpha value is -2.83. The maximum Gasteiger partial charge on any atom is 0.332 e. The number of Topliss-reactive ketones (excluding diaryl/α,β-unsaturated/α-hetero) is 1. The van der Waals surface area contributed by atoms with Gasteiger partial charge in [0.25, 0.3) is 5.56 Å². The first-order valence-corrected chi connectivity index (χ1v) is 7.17. The second-order valence-corrected chi connectivity index (χ2v) is 5.57. The van der Waals surface area contributed by atoms with Crippen molar-refractivity contribution in [3.8, 4) is 0 Å². The highest BCUT2D eigenvalue weighted by Gasteiger charge is 2.24. The maximum absolute atomic E-state index is 12.6. The largest absolute Gasteiger partial charge is 0.384 e. The van der Waals surface area contributed by atoms with E-state index >= 15 is 0 Å². The van der Waals surface area contributed by atoms with Gasteiger partial charge in [0.1, 0.15) is 11.4 Å².